The number of hydrogen-bond acceptors (Lipinski definition) is 4. The van der Waals surface area contributed by atoms with E-state index in [1.807, 2.05) is 56.3 Å². The normalized spacial score (nSPS) is 18.8. The molecule has 0 aliphatic carbocycles. The lowest BCUT2D eigenvalue weighted by Gasteiger charge is -2.22. The summed E-state index contributed by atoms with van der Waals surface area (Å²) in [5.74, 6) is -0.284. The van der Waals surface area contributed by atoms with Crippen molar-refractivity contribution in [2.75, 3.05) is 0 Å². The second-order valence-electron chi connectivity index (χ2n) is 8.16. The van der Waals surface area contributed by atoms with Crippen molar-refractivity contribution in [2.45, 2.75) is 45.7 Å². The first-order chi connectivity index (χ1) is 14.3. The van der Waals surface area contributed by atoms with Crippen molar-refractivity contribution < 1.29 is 14.0 Å². The smallest absolute Gasteiger partial charge is 0.336 e. The molecule has 1 saturated heterocycles. The largest absolute Gasteiger partial charge is 0.423 e. The van der Waals surface area contributed by atoms with E-state index in [1.165, 1.54) is 11.0 Å². The molecule has 4 rings (SSSR count). The first-order valence-corrected chi connectivity index (χ1v) is 9.99. The average Bonchev–Trinajstić information content (AvgIpc) is 2.92. The molecule has 0 saturated carbocycles. The number of imide groups is 1. The maximum Gasteiger partial charge on any atom is 0.336 e. The summed E-state index contributed by atoms with van der Waals surface area (Å²) in [6.07, 6.45) is 1.17. The summed E-state index contributed by atoms with van der Waals surface area (Å²) < 4.78 is 5.33. The zero-order valence-electron chi connectivity index (χ0n) is 17.3. The zero-order valence-corrected chi connectivity index (χ0v) is 17.3. The van der Waals surface area contributed by atoms with Crippen LogP contribution in [0.2, 0.25) is 0 Å². The SMILES string of the molecule is Cc1cc2oc(=O)cc(CN3C(=O)N[C@@](C)(CCc4ccccc4)C3=O)c2cc1C. The van der Waals surface area contributed by atoms with E-state index in [0.717, 1.165) is 22.1 Å². The van der Waals surface area contributed by atoms with Gasteiger partial charge >= 0.3 is 11.7 Å². The van der Waals surface area contributed by atoms with Crippen LogP contribution < -0.4 is 10.9 Å². The number of nitrogens with one attached hydrogen (secondary N) is 1. The summed E-state index contributed by atoms with van der Waals surface area (Å²) >= 11 is 0. The Morgan fingerprint density at radius 1 is 1.00 bits per heavy atom. The summed E-state index contributed by atoms with van der Waals surface area (Å²) in [6, 6.07) is 14.5. The second kappa shape index (κ2) is 7.44. The third-order valence-electron chi connectivity index (χ3n) is 5.87. The third-order valence-corrected chi connectivity index (χ3v) is 5.87. The Hall–Kier alpha value is -3.41. The van der Waals surface area contributed by atoms with Gasteiger partial charge < -0.3 is 9.73 Å². The van der Waals surface area contributed by atoms with Crippen LogP contribution in [0.15, 0.2) is 57.7 Å². The molecule has 0 spiro atoms. The molecule has 3 amide bonds. The molecule has 2 heterocycles. The van der Waals surface area contributed by atoms with Gasteiger partial charge in [0.15, 0.2) is 0 Å². The number of carbonyl (C=O) groups is 2. The molecule has 30 heavy (non-hydrogen) atoms. The fourth-order valence-corrected chi connectivity index (χ4v) is 3.88. The average molecular weight is 404 g/mol. The monoisotopic (exact) mass is 404 g/mol. The highest BCUT2D eigenvalue weighted by atomic mass is 16.4. The number of urea groups is 1. The van der Waals surface area contributed by atoms with Crippen molar-refractivity contribution in [3.8, 4) is 0 Å². The van der Waals surface area contributed by atoms with Gasteiger partial charge in [0.25, 0.3) is 5.91 Å². The van der Waals surface area contributed by atoms with E-state index in [9.17, 15) is 14.4 Å². The Labute approximate surface area is 174 Å². The highest BCUT2D eigenvalue weighted by molar-refractivity contribution is 6.07. The van der Waals surface area contributed by atoms with Gasteiger partial charge in [0.1, 0.15) is 11.1 Å². The van der Waals surface area contributed by atoms with Gasteiger partial charge in [-0.25, -0.2) is 9.59 Å². The highest BCUT2D eigenvalue weighted by Crippen LogP contribution is 2.27. The van der Waals surface area contributed by atoms with Crippen LogP contribution in [-0.2, 0) is 17.8 Å². The van der Waals surface area contributed by atoms with E-state index in [0.29, 0.717) is 24.0 Å². The maximum atomic E-state index is 13.1. The number of benzene rings is 2. The lowest BCUT2D eigenvalue weighted by atomic mass is 9.93. The molecule has 154 valence electrons. The number of hydrogen-bond donors (Lipinski definition) is 1. The first-order valence-electron chi connectivity index (χ1n) is 9.99. The van der Waals surface area contributed by atoms with Gasteiger partial charge in [0, 0.05) is 11.5 Å². The molecule has 0 radical (unpaired) electrons. The van der Waals surface area contributed by atoms with Gasteiger partial charge in [-0.15, -0.1) is 0 Å². The van der Waals surface area contributed by atoms with Gasteiger partial charge in [-0.1, -0.05) is 30.3 Å². The van der Waals surface area contributed by atoms with Gasteiger partial charge in [-0.2, -0.15) is 0 Å². The van der Waals surface area contributed by atoms with Crippen molar-refractivity contribution in [1.29, 1.82) is 0 Å². The molecule has 1 aliphatic rings. The van der Waals surface area contributed by atoms with Gasteiger partial charge in [-0.3, -0.25) is 9.69 Å². The molecule has 0 bridgehead atoms. The van der Waals surface area contributed by atoms with Gasteiger partial charge in [0.05, 0.1) is 6.54 Å². The third kappa shape index (κ3) is 3.61. The number of amides is 3. The minimum absolute atomic E-state index is 0.0240. The summed E-state index contributed by atoms with van der Waals surface area (Å²) in [5, 5.41) is 3.57. The Kier molecular flexibility index (Phi) is 4.94. The quantitative estimate of drug-likeness (QED) is 0.517. The standard InChI is InChI=1S/C24H24N2O4/c1-15-11-19-18(13-21(27)30-20(19)12-16(15)2)14-26-22(28)24(3,25-23(26)29)10-9-17-7-5-4-6-8-17/h4-8,11-13H,9-10,14H2,1-3H3,(H,25,29)/t24-/m0/s1. The zero-order chi connectivity index (χ0) is 21.5. The van der Waals surface area contributed by atoms with E-state index in [1.54, 1.807) is 6.92 Å². The van der Waals surface area contributed by atoms with E-state index in [4.69, 9.17) is 4.42 Å². The number of aryl methyl sites for hydroxylation is 3. The van der Waals surface area contributed by atoms with Crippen LogP contribution in [0.3, 0.4) is 0 Å². The van der Waals surface area contributed by atoms with Crippen LogP contribution in [-0.4, -0.2) is 22.4 Å². The molecule has 1 N–H and O–H groups in total. The van der Waals surface area contributed by atoms with Gasteiger partial charge in [0.2, 0.25) is 0 Å². The van der Waals surface area contributed by atoms with Crippen molar-refractivity contribution >= 4 is 22.9 Å². The molecule has 6 heteroatoms. The minimum atomic E-state index is -0.977. The van der Waals surface area contributed by atoms with Crippen LogP contribution in [0.25, 0.3) is 11.0 Å². The van der Waals surface area contributed by atoms with Crippen molar-refractivity contribution in [3.05, 3.63) is 81.2 Å². The number of nitrogens with zero attached hydrogens (tertiary/aromatic N) is 1. The van der Waals surface area contributed by atoms with E-state index >= 15 is 0 Å². The second-order valence-corrected chi connectivity index (χ2v) is 8.16. The predicted octanol–water partition coefficient (Wildman–Crippen LogP) is 3.85. The molecule has 1 atom stereocenters. The predicted molar refractivity (Wildman–Crippen MR) is 114 cm³/mol. The molecular weight excluding hydrogens is 380 g/mol. The Morgan fingerprint density at radius 2 is 1.70 bits per heavy atom. The lowest BCUT2D eigenvalue weighted by Crippen LogP contribution is -2.44. The molecule has 1 aromatic heterocycles. The number of fused-ring (bicyclic) bond motifs is 1. The molecule has 1 aliphatic heterocycles. The molecule has 0 unspecified atom stereocenters. The summed E-state index contributed by atoms with van der Waals surface area (Å²) in [5.41, 5.74) is 2.74. The first kappa shape index (κ1) is 19.9. The number of carbonyl (C=O) groups excluding carboxylic acids is 2. The maximum absolute atomic E-state index is 13.1. The van der Waals surface area contributed by atoms with Crippen molar-refractivity contribution in [2.24, 2.45) is 0 Å². The summed E-state index contributed by atoms with van der Waals surface area (Å²) in [4.78, 5) is 39.0. The number of rotatable bonds is 5. The topological polar surface area (TPSA) is 79.6 Å². The van der Waals surface area contributed by atoms with Crippen LogP contribution in [0.5, 0.6) is 0 Å². The highest BCUT2D eigenvalue weighted by Gasteiger charge is 2.47. The van der Waals surface area contributed by atoms with Crippen molar-refractivity contribution in [1.82, 2.24) is 10.2 Å². The minimum Gasteiger partial charge on any atom is -0.423 e. The lowest BCUT2D eigenvalue weighted by molar-refractivity contribution is -0.131. The van der Waals surface area contributed by atoms with Crippen LogP contribution in [0.4, 0.5) is 4.79 Å². The van der Waals surface area contributed by atoms with E-state index < -0.39 is 17.2 Å². The fourth-order valence-electron chi connectivity index (χ4n) is 3.88. The van der Waals surface area contributed by atoms with Crippen LogP contribution in [0, 0.1) is 13.8 Å². The molecule has 2 aromatic carbocycles. The van der Waals surface area contributed by atoms with Crippen LogP contribution in [0.1, 0.15) is 35.6 Å². The Bertz CT molecular complexity index is 1200. The molecular formula is C24H24N2O4. The fraction of sp³-hybridized carbons (Fsp3) is 0.292. The summed E-state index contributed by atoms with van der Waals surface area (Å²) in [7, 11) is 0. The molecule has 3 aromatic rings. The van der Waals surface area contributed by atoms with E-state index in [-0.39, 0.29) is 12.5 Å². The Morgan fingerprint density at radius 3 is 2.43 bits per heavy atom. The van der Waals surface area contributed by atoms with Crippen LogP contribution >= 0.6 is 0 Å². The Balaban J connectivity index is 1.61. The summed E-state index contributed by atoms with van der Waals surface area (Å²) in [6.45, 7) is 5.69. The van der Waals surface area contributed by atoms with Crippen molar-refractivity contribution in [3.63, 3.8) is 0 Å². The molecule has 1 fully saturated rings. The van der Waals surface area contributed by atoms with Gasteiger partial charge in [-0.05, 0) is 68.0 Å². The molecule has 6 nitrogen and oxygen atoms in total. The van der Waals surface area contributed by atoms with E-state index in [2.05, 4.69) is 5.32 Å².